The third kappa shape index (κ3) is 3.86. The number of nitrogens with one attached hydrogen (secondary N) is 1. The standard InChI is InChI=1S/C20H22F3N5O2/c21-20(22,23)16-10-14(12-4-2-1-3-5-12)25-17-11-15(26-28(16)17)19(30)27-8-6-13(7-9-27)18(24)29/h1-5,11,13-14,16,25H,6-10H2,(H2,24,29)/t14-,16-/m0/s1. The number of benzene rings is 1. The Hall–Kier alpha value is -3.04. The Balaban J connectivity index is 1.58. The average molecular weight is 421 g/mol. The van der Waals surface area contributed by atoms with Crippen molar-refractivity contribution in [2.75, 3.05) is 18.4 Å². The molecule has 2 amide bonds. The van der Waals surface area contributed by atoms with Gasteiger partial charge in [0.25, 0.3) is 5.91 Å². The molecule has 1 aromatic carbocycles. The van der Waals surface area contributed by atoms with Gasteiger partial charge < -0.3 is 16.0 Å². The molecule has 160 valence electrons. The fourth-order valence-electron chi connectivity index (χ4n) is 4.11. The first-order chi connectivity index (χ1) is 14.2. The highest BCUT2D eigenvalue weighted by Crippen LogP contribution is 2.43. The maximum absolute atomic E-state index is 13.8. The number of hydrogen-bond acceptors (Lipinski definition) is 4. The molecule has 0 spiro atoms. The fourth-order valence-corrected chi connectivity index (χ4v) is 4.11. The first-order valence-electron chi connectivity index (χ1n) is 9.80. The van der Waals surface area contributed by atoms with E-state index in [1.54, 1.807) is 30.3 Å². The SMILES string of the molecule is NC(=O)C1CCN(C(=O)c2cc3n(n2)[C@H](C(F)(F)F)C[C@@H](c2ccccc2)N3)CC1. The van der Waals surface area contributed by atoms with Crippen LogP contribution < -0.4 is 11.1 Å². The van der Waals surface area contributed by atoms with Gasteiger partial charge in [-0.2, -0.15) is 18.3 Å². The van der Waals surface area contributed by atoms with Gasteiger partial charge in [0, 0.05) is 31.5 Å². The van der Waals surface area contributed by atoms with Gasteiger partial charge in [-0.05, 0) is 18.4 Å². The Kier molecular flexibility index (Phi) is 5.17. The van der Waals surface area contributed by atoms with E-state index in [1.165, 1.54) is 11.0 Å². The molecule has 1 saturated heterocycles. The predicted octanol–water partition coefficient (Wildman–Crippen LogP) is 2.88. The van der Waals surface area contributed by atoms with Crippen LogP contribution in [0.1, 0.15) is 47.4 Å². The molecule has 0 radical (unpaired) electrons. The molecule has 10 heteroatoms. The minimum absolute atomic E-state index is 0.0435. The lowest BCUT2D eigenvalue weighted by Crippen LogP contribution is -2.42. The summed E-state index contributed by atoms with van der Waals surface area (Å²) in [6, 6.07) is 7.88. The third-order valence-corrected chi connectivity index (χ3v) is 5.80. The van der Waals surface area contributed by atoms with Crippen LogP contribution in [0.5, 0.6) is 0 Å². The molecule has 3 N–H and O–H groups in total. The van der Waals surface area contributed by atoms with Crippen LogP contribution in [0.4, 0.5) is 19.0 Å². The molecule has 2 aliphatic heterocycles. The van der Waals surface area contributed by atoms with Gasteiger partial charge in [-0.15, -0.1) is 0 Å². The lowest BCUT2D eigenvalue weighted by Gasteiger charge is -2.33. The second-order valence-electron chi connectivity index (χ2n) is 7.73. The number of hydrogen-bond donors (Lipinski definition) is 2. The highest BCUT2D eigenvalue weighted by molar-refractivity contribution is 5.93. The van der Waals surface area contributed by atoms with Gasteiger partial charge in [-0.25, -0.2) is 4.68 Å². The van der Waals surface area contributed by atoms with E-state index in [2.05, 4.69) is 10.4 Å². The van der Waals surface area contributed by atoms with Gasteiger partial charge in [-0.3, -0.25) is 9.59 Å². The van der Waals surface area contributed by atoms with Crippen LogP contribution in [0.15, 0.2) is 36.4 Å². The van der Waals surface area contributed by atoms with E-state index in [9.17, 15) is 22.8 Å². The number of alkyl halides is 3. The first-order valence-corrected chi connectivity index (χ1v) is 9.80. The highest BCUT2D eigenvalue weighted by atomic mass is 19.4. The molecule has 0 aliphatic carbocycles. The van der Waals surface area contributed by atoms with Gasteiger partial charge in [0.2, 0.25) is 5.91 Å². The van der Waals surface area contributed by atoms with Crippen molar-refractivity contribution in [3.05, 3.63) is 47.7 Å². The normalized spacial score (nSPS) is 22.3. The van der Waals surface area contributed by atoms with E-state index in [1.807, 2.05) is 0 Å². The predicted molar refractivity (Wildman–Crippen MR) is 103 cm³/mol. The largest absolute Gasteiger partial charge is 0.410 e. The van der Waals surface area contributed by atoms with Crippen LogP contribution in [-0.4, -0.2) is 45.8 Å². The van der Waals surface area contributed by atoms with E-state index in [4.69, 9.17) is 5.73 Å². The number of nitrogens with two attached hydrogens (primary N) is 1. The number of halogens is 3. The molecule has 2 atom stereocenters. The smallest absolute Gasteiger partial charge is 0.369 e. The molecule has 2 aliphatic rings. The summed E-state index contributed by atoms with van der Waals surface area (Å²) in [5, 5.41) is 7.09. The van der Waals surface area contributed by atoms with Gasteiger partial charge in [0.1, 0.15) is 5.82 Å². The van der Waals surface area contributed by atoms with Crippen LogP contribution in [0.3, 0.4) is 0 Å². The number of piperidine rings is 1. The number of carbonyl (C=O) groups is 2. The van der Waals surface area contributed by atoms with E-state index in [0.717, 1.165) is 10.2 Å². The van der Waals surface area contributed by atoms with Crippen molar-refractivity contribution in [3.8, 4) is 0 Å². The van der Waals surface area contributed by atoms with Gasteiger partial charge in [0.15, 0.2) is 11.7 Å². The summed E-state index contributed by atoms with van der Waals surface area (Å²) in [5.74, 6) is -0.970. The molecule has 30 heavy (non-hydrogen) atoms. The number of anilines is 1. The molecule has 0 unspecified atom stereocenters. The number of primary amides is 1. The molecule has 0 bridgehead atoms. The monoisotopic (exact) mass is 421 g/mol. The maximum atomic E-state index is 13.8. The van der Waals surface area contributed by atoms with Crippen LogP contribution in [-0.2, 0) is 4.79 Å². The molecule has 2 aromatic rings. The highest BCUT2D eigenvalue weighted by Gasteiger charge is 2.47. The topological polar surface area (TPSA) is 93.3 Å². The zero-order chi connectivity index (χ0) is 21.5. The zero-order valence-electron chi connectivity index (χ0n) is 16.1. The number of nitrogens with zero attached hydrogens (tertiary/aromatic N) is 3. The van der Waals surface area contributed by atoms with Crippen molar-refractivity contribution < 1.29 is 22.8 Å². The van der Waals surface area contributed by atoms with Crippen molar-refractivity contribution in [1.29, 1.82) is 0 Å². The van der Waals surface area contributed by atoms with E-state index >= 15 is 0 Å². The summed E-state index contributed by atoms with van der Waals surface area (Å²) < 4.78 is 42.2. The average Bonchev–Trinajstić information content (AvgIpc) is 3.16. The van der Waals surface area contributed by atoms with Crippen molar-refractivity contribution in [2.45, 2.75) is 37.5 Å². The molecular formula is C20H22F3N5O2. The quantitative estimate of drug-likeness (QED) is 0.797. The second-order valence-corrected chi connectivity index (χ2v) is 7.73. The summed E-state index contributed by atoms with van der Waals surface area (Å²) in [5.41, 5.74) is 6.00. The number of carbonyl (C=O) groups excluding carboxylic acids is 2. The van der Waals surface area contributed by atoms with Crippen molar-refractivity contribution in [3.63, 3.8) is 0 Å². The molecule has 3 heterocycles. The maximum Gasteiger partial charge on any atom is 0.410 e. The number of likely N-dealkylation sites (tertiary alicyclic amines) is 1. The Morgan fingerprint density at radius 3 is 2.40 bits per heavy atom. The van der Waals surface area contributed by atoms with Gasteiger partial charge in [-0.1, -0.05) is 30.3 Å². The second kappa shape index (κ2) is 7.66. The van der Waals surface area contributed by atoms with Crippen molar-refractivity contribution in [1.82, 2.24) is 14.7 Å². The molecular weight excluding hydrogens is 399 g/mol. The van der Waals surface area contributed by atoms with E-state index in [0.29, 0.717) is 25.9 Å². The molecule has 4 rings (SSSR count). The first kappa shape index (κ1) is 20.2. The van der Waals surface area contributed by atoms with Crippen LogP contribution in [0, 0.1) is 5.92 Å². The molecule has 1 aromatic heterocycles. The number of rotatable bonds is 3. The minimum atomic E-state index is -4.50. The fraction of sp³-hybridized carbons (Fsp3) is 0.450. The van der Waals surface area contributed by atoms with Crippen LogP contribution >= 0.6 is 0 Å². The lowest BCUT2D eigenvalue weighted by atomic mass is 9.96. The molecule has 7 nitrogen and oxygen atoms in total. The number of fused-ring (bicyclic) bond motifs is 1. The summed E-state index contributed by atoms with van der Waals surface area (Å²) in [6.45, 7) is 0.634. The van der Waals surface area contributed by atoms with Gasteiger partial charge in [0.05, 0.1) is 6.04 Å². The Bertz CT molecular complexity index is 936. The summed E-state index contributed by atoms with van der Waals surface area (Å²) in [6.07, 6.45) is -3.85. The summed E-state index contributed by atoms with van der Waals surface area (Å²) in [4.78, 5) is 25.6. The number of amides is 2. The summed E-state index contributed by atoms with van der Waals surface area (Å²) >= 11 is 0. The molecule has 0 saturated carbocycles. The number of aromatic nitrogens is 2. The third-order valence-electron chi connectivity index (χ3n) is 5.80. The minimum Gasteiger partial charge on any atom is -0.369 e. The van der Waals surface area contributed by atoms with E-state index in [-0.39, 0.29) is 23.9 Å². The summed E-state index contributed by atoms with van der Waals surface area (Å²) in [7, 11) is 0. The van der Waals surface area contributed by atoms with Crippen molar-refractivity contribution >= 4 is 17.6 Å². The Labute approximate surface area is 171 Å². The van der Waals surface area contributed by atoms with Crippen LogP contribution in [0.2, 0.25) is 0 Å². The zero-order valence-corrected chi connectivity index (χ0v) is 16.1. The van der Waals surface area contributed by atoms with Crippen LogP contribution in [0.25, 0.3) is 0 Å². The lowest BCUT2D eigenvalue weighted by molar-refractivity contribution is -0.173. The Morgan fingerprint density at radius 1 is 1.13 bits per heavy atom. The molecule has 1 fully saturated rings. The van der Waals surface area contributed by atoms with Gasteiger partial charge >= 0.3 is 6.18 Å². The Morgan fingerprint density at radius 2 is 1.80 bits per heavy atom. The van der Waals surface area contributed by atoms with Crippen molar-refractivity contribution in [2.24, 2.45) is 11.7 Å². The van der Waals surface area contributed by atoms with E-state index < -0.39 is 30.1 Å².